The van der Waals surface area contributed by atoms with E-state index in [9.17, 15) is 9.59 Å². The summed E-state index contributed by atoms with van der Waals surface area (Å²) < 4.78 is 23.1. The van der Waals surface area contributed by atoms with E-state index >= 15 is 0 Å². The number of ether oxygens (including phenoxy) is 4. The van der Waals surface area contributed by atoms with Crippen LogP contribution in [0.5, 0.6) is 0 Å². The first-order valence-electron chi connectivity index (χ1n) is 9.11. The summed E-state index contributed by atoms with van der Waals surface area (Å²) in [4.78, 5) is 24.7. The molecule has 0 unspecified atom stereocenters. The molecule has 1 saturated heterocycles. The predicted molar refractivity (Wildman–Crippen MR) is 106 cm³/mol. The monoisotopic (exact) mass is 402 g/mol. The standard InChI is InChI=1S/C20H34O6S/c1-18(2,3)16(21)23-12-14(24-17(22)19(4,5)6)15-13(10-11-27-9)25-20(7,8)26-15/h10-11,13-15H,12H2,1-9H3/b11-10-/t13-,14+,15-/m0/s1. The summed E-state index contributed by atoms with van der Waals surface area (Å²) in [5, 5.41) is 1.90. The summed E-state index contributed by atoms with van der Waals surface area (Å²) in [6.07, 6.45) is 2.03. The van der Waals surface area contributed by atoms with Crippen LogP contribution in [0.25, 0.3) is 0 Å². The van der Waals surface area contributed by atoms with Gasteiger partial charge in [0.25, 0.3) is 0 Å². The zero-order valence-corrected chi connectivity index (χ0v) is 18.8. The van der Waals surface area contributed by atoms with Crippen LogP contribution in [0, 0.1) is 10.8 Å². The summed E-state index contributed by atoms with van der Waals surface area (Å²) in [5.74, 6) is -1.59. The highest BCUT2D eigenvalue weighted by molar-refractivity contribution is 8.01. The van der Waals surface area contributed by atoms with E-state index in [1.165, 1.54) is 11.8 Å². The quantitative estimate of drug-likeness (QED) is 0.623. The lowest BCUT2D eigenvalue weighted by molar-refractivity contribution is -0.186. The van der Waals surface area contributed by atoms with E-state index in [4.69, 9.17) is 18.9 Å². The second kappa shape index (κ2) is 8.97. The van der Waals surface area contributed by atoms with Crippen LogP contribution >= 0.6 is 11.8 Å². The molecule has 0 saturated carbocycles. The van der Waals surface area contributed by atoms with Crippen LogP contribution in [0.15, 0.2) is 11.5 Å². The molecule has 0 spiro atoms. The van der Waals surface area contributed by atoms with Gasteiger partial charge in [0.05, 0.1) is 10.8 Å². The molecule has 1 rings (SSSR count). The van der Waals surface area contributed by atoms with Gasteiger partial charge < -0.3 is 18.9 Å². The van der Waals surface area contributed by atoms with Crippen LogP contribution in [-0.4, -0.2) is 48.9 Å². The van der Waals surface area contributed by atoms with E-state index in [-0.39, 0.29) is 18.5 Å². The van der Waals surface area contributed by atoms with Crippen molar-refractivity contribution in [2.45, 2.75) is 79.5 Å². The van der Waals surface area contributed by atoms with E-state index in [1.54, 1.807) is 55.4 Å². The summed E-state index contributed by atoms with van der Waals surface area (Å²) >= 11 is 1.53. The van der Waals surface area contributed by atoms with Crippen molar-refractivity contribution in [3.8, 4) is 0 Å². The Morgan fingerprint density at radius 1 is 1.07 bits per heavy atom. The predicted octanol–water partition coefficient (Wildman–Crippen LogP) is 3.93. The lowest BCUT2D eigenvalue weighted by Gasteiger charge is -2.29. The summed E-state index contributed by atoms with van der Waals surface area (Å²) in [6, 6.07) is 0. The van der Waals surface area contributed by atoms with Crippen LogP contribution in [0.1, 0.15) is 55.4 Å². The highest BCUT2D eigenvalue weighted by Crippen LogP contribution is 2.33. The van der Waals surface area contributed by atoms with Crippen LogP contribution in [0.2, 0.25) is 0 Å². The Morgan fingerprint density at radius 2 is 1.63 bits per heavy atom. The maximum Gasteiger partial charge on any atom is 0.311 e. The van der Waals surface area contributed by atoms with E-state index in [0.717, 1.165) is 0 Å². The van der Waals surface area contributed by atoms with Crippen molar-refractivity contribution in [1.29, 1.82) is 0 Å². The van der Waals surface area contributed by atoms with Gasteiger partial charge in [0.15, 0.2) is 11.9 Å². The normalized spacial score (nSPS) is 24.0. The molecule has 0 aromatic heterocycles. The van der Waals surface area contributed by atoms with Crippen molar-refractivity contribution < 1.29 is 28.5 Å². The molecular weight excluding hydrogens is 368 g/mol. The van der Waals surface area contributed by atoms with Crippen LogP contribution in [0.4, 0.5) is 0 Å². The maximum atomic E-state index is 12.5. The molecule has 1 aliphatic rings. The minimum atomic E-state index is -0.835. The number of esters is 2. The minimum Gasteiger partial charge on any atom is -0.461 e. The fourth-order valence-corrected chi connectivity index (χ4v) is 2.61. The van der Waals surface area contributed by atoms with Crippen molar-refractivity contribution in [3.63, 3.8) is 0 Å². The highest BCUT2D eigenvalue weighted by Gasteiger charge is 2.47. The number of hydrogen-bond acceptors (Lipinski definition) is 7. The molecule has 0 aromatic carbocycles. The van der Waals surface area contributed by atoms with Crippen molar-refractivity contribution in [2.24, 2.45) is 10.8 Å². The van der Waals surface area contributed by atoms with E-state index in [0.29, 0.717) is 0 Å². The van der Waals surface area contributed by atoms with Gasteiger partial charge in [0.2, 0.25) is 0 Å². The van der Waals surface area contributed by atoms with Gasteiger partial charge in [-0.1, -0.05) is 0 Å². The Labute approximate surface area is 167 Å². The second-order valence-corrected chi connectivity index (χ2v) is 9.91. The van der Waals surface area contributed by atoms with Gasteiger partial charge in [-0.05, 0) is 73.1 Å². The molecule has 6 nitrogen and oxygen atoms in total. The second-order valence-electron chi connectivity index (χ2n) is 9.17. The lowest BCUT2D eigenvalue weighted by atomic mass is 9.96. The van der Waals surface area contributed by atoms with Gasteiger partial charge in [0.1, 0.15) is 18.8 Å². The topological polar surface area (TPSA) is 71.1 Å². The first kappa shape index (κ1) is 24.0. The average Bonchev–Trinajstić information content (AvgIpc) is 2.81. The third kappa shape index (κ3) is 7.47. The van der Waals surface area contributed by atoms with Gasteiger partial charge in [-0.15, -0.1) is 11.8 Å². The smallest absolute Gasteiger partial charge is 0.311 e. The number of hydrogen-bond donors (Lipinski definition) is 0. The zero-order chi connectivity index (χ0) is 21.0. The fraction of sp³-hybridized carbons (Fsp3) is 0.800. The van der Waals surface area contributed by atoms with Gasteiger partial charge in [-0.2, -0.15) is 0 Å². The van der Waals surface area contributed by atoms with Gasteiger partial charge >= 0.3 is 11.9 Å². The molecule has 0 bridgehead atoms. The van der Waals surface area contributed by atoms with Gasteiger partial charge in [-0.25, -0.2) is 0 Å². The van der Waals surface area contributed by atoms with E-state index < -0.39 is 34.9 Å². The molecule has 7 heteroatoms. The Morgan fingerprint density at radius 3 is 2.11 bits per heavy atom. The van der Waals surface area contributed by atoms with Gasteiger partial charge in [0, 0.05) is 0 Å². The van der Waals surface area contributed by atoms with Crippen LogP contribution in [-0.2, 0) is 28.5 Å². The fourth-order valence-electron chi connectivity index (χ4n) is 2.29. The molecule has 1 fully saturated rings. The first-order valence-corrected chi connectivity index (χ1v) is 10.4. The molecule has 0 N–H and O–H groups in total. The number of carbonyl (C=O) groups is 2. The van der Waals surface area contributed by atoms with Gasteiger partial charge in [-0.3, -0.25) is 9.59 Å². The van der Waals surface area contributed by atoms with E-state index in [2.05, 4.69) is 0 Å². The number of rotatable bonds is 6. The molecule has 0 aromatic rings. The van der Waals surface area contributed by atoms with Crippen molar-refractivity contribution in [2.75, 3.05) is 12.9 Å². The molecule has 1 heterocycles. The van der Waals surface area contributed by atoms with Crippen LogP contribution in [0.3, 0.4) is 0 Å². The summed E-state index contributed by atoms with van der Waals surface area (Å²) in [7, 11) is 0. The Hall–Kier alpha value is -1.05. The molecule has 3 atom stereocenters. The third-order valence-electron chi connectivity index (χ3n) is 3.80. The minimum absolute atomic E-state index is 0.0916. The molecule has 27 heavy (non-hydrogen) atoms. The zero-order valence-electron chi connectivity index (χ0n) is 18.0. The maximum absolute atomic E-state index is 12.5. The largest absolute Gasteiger partial charge is 0.461 e. The average molecular weight is 403 g/mol. The molecular formula is C20H34O6S. The SMILES string of the molecule is CS/C=C\[C@@H]1OC(C)(C)O[C@@H]1[C@@H](COC(=O)C(C)(C)C)OC(=O)C(C)(C)C. The molecule has 156 valence electrons. The summed E-state index contributed by atoms with van der Waals surface area (Å²) in [5.41, 5.74) is -1.34. The Kier molecular flexibility index (Phi) is 7.97. The number of carbonyl (C=O) groups excluding carboxylic acids is 2. The highest BCUT2D eigenvalue weighted by atomic mass is 32.2. The number of thioether (sulfide) groups is 1. The molecule has 1 aliphatic heterocycles. The molecule has 0 aliphatic carbocycles. The van der Waals surface area contributed by atoms with E-state index in [1.807, 2.05) is 17.7 Å². The Balaban J connectivity index is 3.05. The third-order valence-corrected chi connectivity index (χ3v) is 4.23. The van der Waals surface area contributed by atoms with Crippen molar-refractivity contribution in [3.05, 3.63) is 11.5 Å². The van der Waals surface area contributed by atoms with Crippen molar-refractivity contribution in [1.82, 2.24) is 0 Å². The molecule has 0 amide bonds. The van der Waals surface area contributed by atoms with Crippen molar-refractivity contribution >= 4 is 23.7 Å². The van der Waals surface area contributed by atoms with Crippen LogP contribution < -0.4 is 0 Å². The molecule has 0 radical (unpaired) electrons. The Bertz CT molecular complexity index is 556. The summed E-state index contributed by atoms with van der Waals surface area (Å²) in [6.45, 7) is 14.1. The lowest BCUT2D eigenvalue weighted by Crippen LogP contribution is -2.44. The first-order chi connectivity index (χ1) is 12.2.